The van der Waals surface area contributed by atoms with Crippen LogP contribution >= 0.6 is 11.3 Å². The van der Waals surface area contributed by atoms with E-state index in [1.807, 2.05) is 0 Å². The molecule has 5 heteroatoms. The molecule has 0 bridgehead atoms. The number of thiazole rings is 1. The smallest absolute Gasteiger partial charge is 0.185 e. The average molecular weight is 269 g/mol. The number of aromatic nitrogens is 1. The van der Waals surface area contributed by atoms with Crippen LogP contribution in [0, 0.1) is 0 Å². The van der Waals surface area contributed by atoms with Crippen molar-refractivity contribution in [1.82, 2.24) is 9.88 Å². The van der Waals surface area contributed by atoms with E-state index >= 15 is 0 Å². The van der Waals surface area contributed by atoms with Crippen LogP contribution in [-0.2, 0) is 5.41 Å². The Morgan fingerprint density at radius 2 is 1.94 bits per heavy atom. The molecule has 1 aliphatic rings. The first kappa shape index (κ1) is 13.8. The van der Waals surface area contributed by atoms with Gasteiger partial charge in [-0.2, -0.15) is 0 Å². The number of nitrogens with zero attached hydrogens (tertiary/aromatic N) is 3. The lowest BCUT2D eigenvalue weighted by molar-refractivity contribution is 0.188. The van der Waals surface area contributed by atoms with E-state index in [0.717, 1.165) is 37.9 Å². The van der Waals surface area contributed by atoms with Crippen LogP contribution in [0.1, 0.15) is 26.5 Å². The third-order valence-corrected chi connectivity index (χ3v) is 4.22. The van der Waals surface area contributed by atoms with Crippen LogP contribution in [0.25, 0.3) is 0 Å². The molecule has 1 aromatic heterocycles. The molecule has 0 aromatic carbocycles. The molecule has 4 nitrogen and oxygen atoms in total. The molecule has 1 N–H and O–H groups in total. The predicted molar refractivity (Wildman–Crippen MR) is 76.6 cm³/mol. The maximum absolute atomic E-state index is 8.93. The van der Waals surface area contributed by atoms with Gasteiger partial charge in [-0.1, -0.05) is 20.8 Å². The summed E-state index contributed by atoms with van der Waals surface area (Å²) < 4.78 is 0. The molecular weight excluding hydrogens is 246 g/mol. The number of piperazine rings is 1. The van der Waals surface area contributed by atoms with Gasteiger partial charge in [0.05, 0.1) is 12.3 Å². The van der Waals surface area contributed by atoms with Crippen molar-refractivity contribution >= 4 is 16.5 Å². The summed E-state index contributed by atoms with van der Waals surface area (Å²) >= 11 is 1.74. The molecule has 2 heterocycles. The van der Waals surface area contributed by atoms with Gasteiger partial charge in [0.1, 0.15) is 0 Å². The second-order valence-corrected chi connectivity index (χ2v) is 6.65. The first-order valence-electron chi connectivity index (χ1n) is 6.55. The van der Waals surface area contributed by atoms with Gasteiger partial charge in [0.15, 0.2) is 5.13 Å². The Labute approximate surface area is 113 Å². The number of hydrogen-bond acceptors (Lipinski definition) is 5. The molecule has 1 aliphatic heterocycles. The number of β-amino-alcohol motifs (C(OH)–C–C–N with tert-alkyl or cyclic N) is 1. The standard InChI is InChI=1S/C13H23N3OS/c1-13(2,3)11-10-18-12(14-11)16-6-4-15(5-7-16)8-9-17/h10,17H,4-9H2,1-3H3. The molecule has 0 atom stereocenters. The number of aliphatic hydroxyl groups excluding tert-OH is 1. The van der Waals surface area contributed by atoms with Crippen LogP contribution in [0.5, 0.6) is 0 Å². The number of aliphatic hydroxyl groups is 1. The summed E-state index contributed by atoms with van der Waals surface area (Å²) in [5.41, 5.74) is 1.31. The van der Waals surface area contributed by atoms with Gasteiger partial charge in [0.25, 0.3) is 0 Å². The lowest BCUT2D eigenvalue weighted by Gasteiger charge is -2.34. The second kappa shape index (κ2) is 5.55. The lowest BCUT2D eigenvalue weighted by Crippen LogP contribution is -2.47. The molecule has 0 unspecified atom stereocenters. The summed E-state index contributed by atoms with van der Waals surface area (Å²) in [6.07, 6.45) is 0. The number of rotatable bonds is 3. The van der Waals surface area contributed by atoms with Crippen LogP contribution in [-0.4, -0.2) is 54.3 Å². The molecule has 0 spiro atoms. The van der Waals surface area contributed by atoms with Gasteiger partial charge in [-0.3, -0.25) is 4.90 Å². The summed E-state index contributed by atoms with van der Waals surface area (Å²) in [7, 11) is 0. The molecule has 0 amide bonds. The van der Waals surface area contributed by atoms with E-state index in [9.17, 15) is 0 Å². The normalized spacial score (nSPS) is 18.3. The van der Waals surface area contributed by atoms with E-state index in [1.54, 1.807) is 11.3 Å². The van der Waals surface area contributed by atoms with Crippen molar-refractivity contribution in [2.24, 2.45) is 0 Å². The fraction of sp³-hybridized carbons (Fsp3) is 0.769. The Hall–Kier alpha value is -0.650. The highest BCUT2D eigenvalue weighted by Crippen LogP contribution is 2.28. The Morgan fingerprint density at radius 1 is 1.28 bits per heavy atom. The summed E-state index contributed by atoms with van der Waals surface area (Å²) in [6.45, 7) is 11.7. The zero-order valence-corrected chi connectivity index (χ0v) is 12.3. The zero-order chi connectivity index (χ0) is 13.2. The van der Waals surface area contributed by atoms with Gasteiger partial charge in [0.2, 0.25) is 0 Å². The maximum atomic E-state index is 8.93. The Bertz CT molecular complexity index is 378. The minimum Gasteiger partial charge on any atom is -0.395 e. The van der Waals surface area contributed by atoms with Gasteiger partial charge in [-0.15, -0.1) is 11.3 Å². The Kier molecular flexibility index (Phi) is 4.25. The highest BCUT2D eigenvalue weighted by Gasteiger charge is 2.22. The number of hydrogen-bond donors (Lipinski definition) is 1. The molecule has 18 heavy (non-hydrogen) atoms. The van der Waals surface area contributed by atoms with Gasteiger partial charge in [0, 0.05) is 43.5 Å². The van der Waals surface area contributed by atoms with E-state index in [2.05, 4.69) is 36.0 Å². The van der Waals surface area contributed by atoms with Crippen LogP contribution in [0.4, 0.5) is 5.13 Å². The van der Waals surface area contributed by atoms with Crippen molar-refractivity contribution in [2.75, 3.05) is 44.2 Å². The van der Waals surface area contributed by atoms with Crippen molar-refractivity contribution in [1.29, 1.82) is 0 Å². The van der Waals surface area contributed by atoms with Crippen LogP contribution in [0.3, 0.4) is 0 Å². The van der Waals surface area contributed by atoms with Crippen molar-refractivity contribution in [3.05, 3.63) is 11.1 Å². The van der Waals surface area contributed by atoms with E-state index in [1.165, 1.54) is 5.69 Å². The van der Waals surface area contributed by atoms with Crippen LogP contribution in [0.2, 0.25) is 0 Å². The summed E-state index contributed by atoms with van der Waals surface area (Å²) in [6, 6.07) is 0. The molecule has 1 aromatic rings. The summed E-state index contributed by atoms with van der Waals surface area (Å²) in [4.78, 5) is 9.41. The first-order valence-corrected chi connectivity index (χ1v) is 7.43. The van der Waals surface area contributed by atoms with E-state index in [-0.39, 0.29) is 12.0 Å². The average Bonchev–Trinajstić information content (AvgIpc) is 2.79. The molecule has 1 fully saturated rings. The van der Waals surface area contributed by atoms with E-state index in [4.69, 9.17) is 10.1 Å². The van der Waals surface area contributed by atoms with E-state index < -0.39 is 0 Å². The largest absolute Gasteiger partial charge is 0.395 e. The third kappa shape index (κ3) is 3.22. The zero-order valence-electron chi connectivity index (χ0n) is 11.5. The molecule has 0 aliphatic carbocycles. The first-order chi connectivity index (χ1) is 8.50. The third-order valence-electron chi connectivity index (χ3n) is 3.32. The molecule has 0 saturated carbocycles. The second-order valence-electron chi connectivity index (χ2n) is 5.82. The predicted octanol–water partition coefficient (Wildman–Crippen LogP) is 1.55. The fourth-order valence-corrected chi connectivity index (χ4v) is 3.16. The molecule has 0 radical (unpaired) electrons. The van der Waals surface area contributed by atoms with Gasteiger partial charge >= 0.3 is 0 Å². The van der Waals surface area contributed by atoms with Gasteiger partial charge < -0.3 is 10.0 Å². The van der Waals surface area contributed by atoms with Gasteiger partial charge in [-0.05, 0) is 0 Å². The van der Waals surface area contributed by atoms with Crippen LogP contribution in [0.15, 0.2) is 5.38 Å². The Morgan fingerprint density at radius 3 is 2.44 bits per heavy atom. The van der Waals surface area contributed by atoms with Gasteiger partial charge in [-0.25, -0.2) is 4.98 Å². The van der Waals surface area contributed by atoms with Crippen molar-refractivity contribution in [3.8, 4) is 0 Å². The summed E-state index contributed by atoms with van der Waals surface area (Å²) in [5, 5.41) is 12.2. The molecule has 102 valence electrons. The topological polar surface area (TPSA) is 39.6 Å². The van der Waals surface area contributed by atoms with Crippen LogP contribution < -0.4 is 4.90 Å². The number of anilines is 1. The van der Waals surface area contributed by atoms with Crippen molar-refractivity contribution < 1.29 is 5.11 Å². The highest BCUT2D eigenvalue weighted by molar-refractivity contribution is 7.13. The maximum Gasteiger partial charge on any atom is 0.185 e. The molecule has 2 rings (SSSR count). The fourth-order valence-electron chi connectivity index (χ4n) is 2.06. The molecular formula is C13H23N3OS. The summed E-state index contributed by atoms with van der Waals surface area (Å²) in [5.74, 6) is 0. The SMILES string of the molecule is CC(C)(C)c1csc(N2CCN(CCO)CC2)n1. The van der Waals surface area contributed by atoms with Crippen molar-refractivity contribution in [3.63, 3.8) is 0 Å². The highest BCUT2D eigenvalue weighted by atomic mass is 32.1. The lowest BCUT2D eigenvalue weighted by atomic mass is 9.93. The Balaban J connectivity index is 1.95. The molecule has 1 saturated heterocycles. The van der Waals surface area contributed by atoms with Crippen molar-refractivity contribution in [2.45, 2.75) is 26.2 Å². The minimum atomic E-state index is 0.132. The quantitative estimate of drug-likeness (QED) is 0.904. The monoisotopic (exact) mass is 269 g/mol. The minimum absolute atomic E-state index is 0.132. The van der Waals surface area contributed by atoms with E-state index in [0.29, 0.717) is 0 Å².